The van der Waals surface area contributed by atoms with Gasteiger partial charge in [-0.2, -0.15) is 8.78 Å². The zero-order valence-electron chi connectivity index (χ0n) is 20.6. The molecule has 200 valence electrons. The Morgan fingerprint density at radius 3 is 2.57 bits per heavy atom. The number of aliphatic carboxylic acids is 1. The first-order chi connectivity index (χ1) is 17.4. The number of benzene rings is 1. The molecule has 2 heterocycles. The van der Waals surface area contributed by atoms with E-state index in [2.05, 4.69) is 15.7 Å². The fraction of sp³-hybridized carbons (Fsp3) is 0.360. The highest BCUT2D eigenvalue weighted by Crippen LogP contribution is 2.26. The van der Waals surface area contributed by atoms with Crippen molar-refractivity contribution in [3.63, 3.8) is 0 Å². The molecule has 1 aliphatic heterocycles. The molecule has 3 rings (SSSR count). The van der Waals surface area contributed by atoms with Gasteiger partial charge in [-0.3, -0.25) is 24.4 Å². The van der Waals surface area contributed by atoms with Gasteiger partial charge in [0, 0.05) is 43.4 Å². The zero-order valence-corrected chi connectivity index (χ0v) is 21.3. The number of aromatic nitrogens is 1. The number of hydrogen-bond donors (Lipinski definition) is 4. The smallest absolute Gasteiger partial charge is 0.303 e. The van der Waals surface area contributed by atoms with Gasteiger partial charge in [-0.05, 0) is 48.7 Å². The number of nitrogens with zero attached hydrogens (tertiary/aromatic N) is 2. The van der Waals surface area contributed by atoms with Crippen molar-refractivity contribution in [2.24, 2.45) is 5.73 Å². The third-order valence-corrected chi connectivity index (χ3v) is 5.70. The van der Waals surface area contributed by atoms with Crippen molar-refractivity contribution in [2.75, 3.05) is 13.1 Å². The summed E-state index contributed by atoms with van der Waals surface area (Å²) in [5.74, 6) is -4.94. The molecule has 2 aromatic rings. The maximum atomic E-state index is 14.4. The van der Waals surface area contributed by atoms with Crippen LogP contribution in [0.2, 0.25) is 5.02 Å². The Morgan fingerprint density at radius 1 is 1.24 bits per heavy atom. The van der Waals surface area contributed by atoms with E-state index in [1.165, 1.54) is 18.3 Å². The van der Waals surface area contributed by atoms with Crippen LogP contribution in [0, 0.1) is 0 Å². The van der Waals surface area contributed by atoms with Crippen LogP contribution in [-0.4, -0.2) is 46.0 Å². The molecule has 2 amide bonds. The molecule has 5 N–H and O–H groups in total. The van der Waals surface area contributed by atoms with Crippen LogP contribution in [0.4, 0.5) is 8.78 Å². The van der Waals surface area contributed by atoms with E-state index in [1.54, 1.807) is 31.2 Å². The maximum absolute atomic E-state index is 14.4. The number of nitrogens with two attached hydrogens (primary N) is 1. The third kappa shape index (κ3) is 9.19. The number of carboxylic acids is 1. The van der Waals surface area contributed by atoms with Gasteiger partial charge in [0.25, 0.3) is 11.9 Å². The molecular weight excluding hydrogens is 508 g/mol. The van der Waals surface area contributed by atoms with E-state index in [-0.39, 0.29) is 36.7 Å². The normalized spacial score (nSPS) is 13.7. The lowest BCUT2D eigenvalue weighted by molar-refractivity contribution is -0.135. The van der Waals surface area contributed by atoms with E-state index >= 15 is 0 Å². The second-order valence-electron chi connectivity index (χ2n) is 8.31. The molecule has 0 spiro atoms. The van der Waals surface area contributed by atoms with Crippen molar-refractivity contribution in [1.82, 2.24) is 20.7 Å². The highest BCUT2D eigenvalue weighted by atomic mass is 35.5. The van der Waals surface area contributed by atoms with Crippen LogP contribution >= 0.6 is 11.6 Å². The van der Waals surface area contributed by atoms with Gasteiger partial charge in [0.1, 0.15) is 5.69 Å². The maximum Gasteiger partial charge on any atom is 0.303 e. The highest BCUT2D eigenvalue weighted by Gasteiger charge is 2.35. The molecule has 1 aliphatic rings. The van der Waals surface area contributed by atoms with Crippen molar-refractivity contribution < 1.29 is 28.3 Å². The molecule has 0 aliphatic carbocycles. The Kier molecular flexibility index (Phi) is 11.1. The number of pyridine rings is 1. The van der Waals surface area contributed by atoms with Gasteiger partial charge in [-0.1, -0.05) is 29.3 Å². The second-order valence-corrected chi connectivity index (χ2v) is 8.75. The lowest BCUT2D eigenvalue weighted by Gasteiger charge is -2.31. The van der Waals surface area contributed by atoms with E-state index in [4.69, 9.17) is 27.2 Å². The number of rotatable bonds is 9. The van der Waals surface area contributed by atoms with Gasteiger partial charge in [-0.15, -0.1) is 0 Å². The summed E-state index contributed by atoms with van der Waals surface area (Å²) < 4.78 is 28.8. The lowest BCUT2D eigenvalue weighted by Crippen LogP contribution is -2.50. The number of hydrogen-bond acceptors (Lipinski definition) is 6. The summed E-state index contributed by atoms with van der Waals surface area (Å²) in [6, 6.07) is 9.51. The molecule has 9 nitrogen and oxygen atoms in total. The number of nitrogens with one attached hydrogen (secondary N) is 2. The number of amides is 2. The highest BCUT2D eigenvalue weighted by molar-refractivity contribution is 6.30. The first kappa shape index (κ1) is 29.8. The third-order valence-electron chi connectivity index (χ3n) is 5.46. The number of carbonyl (C=O) groups is 3. The number of carbonyl (C=O) groups excluding carboxylic acids is 2. The average Bonchev–Trinajstić information content (AvgIpc) is 2.85. The monoisotopic (exact) mass is 537 g/mol. The molecule has 0 bridgehead atoms. The molecule has 0 unspecified atom stereocenters. The van der Waals surface area contributed by atoms with Crippen LogP contribution in [0.15, 0.2) is 53.7 Å². The van der Waals surface area contributed by atoms with Crippen LogP contribution in [-0.2, 0) is 33.4 Å². The molecule has 12 heteroatoms. The first-order valence-corrected chi connectivity index (χ1v) is 11.8. The summed E-state index contributed by atoms with van der Waals surface area (Å²) in [5.41, 5.74) is 10.6. The van der Waals surface area contributed by atoms with Crippen molar-refractivity contribution in [1.29, 1.82) is 0 Å². The van der Waals surface area contributed by atoms with E-state index in [0.29, 0.717) is 18.0 Å². The van der Waals surface area contributed by atoms with E-state index < -0.39 is 24.3 Å². The Bertz CT molecular complexity index is 1140. The van der Waals surface area contributed by atoms with Crippen molar-refractivity contribution in [3.05, 3.63) is 75.6 Å². The van der Waals surface area contributed by atoms with Crippen molar-refractivity contribution in [3.8, 4) is 0 Å². The SMILES string of the molecule is CC(=O)O.CC1=C(CC(=O)NCc2cc(Cl)ccc2CN)C(=O)N(NCC(F)(F)c2ccccn2)CC1. The van der Waals surface area contributed by atoms with Gasteiger partial charge in [0.05, 0.1) is 13.0 Å². The molecule has 0 radical (unpaired) electrons. The van der Waals surface area contributed by atoms with Crippen LogP contribution in [0.25, 0.3) is 0 Å². The minimum atomic E-state index is -3.26. The molecule has 1 aromatic heterocycles. The summed E-state index contributed by atoms with van der Waals surface area (Å²) in [7, 11) is 0. The lowest BCUT2D eigenvalue weighted by atomic mass is 9.98. The van der Waals surface area contributed by atoms with E-state index in [0.717, 1.165) is 28.6 Å². The van der Waals surface area contributed by atoms with Crippen LogP contribution in [0.3, 0.4) is 0 Å². The Hall–Kier alpha value is -3.41. The second kappa shape index (κ2) is 13.8. The standard InChI is InChI=1S/C23H26ClF2N5O2.C2H4O2/c1-15-7-9-31(30-14-23(25,26)20-4-2-3-8-28-20)22(33)19(15)11-21(32)29-13-17-10-18(24)6-5-16(17)12-27;1-2(3)4/h2-6,8,10,30H,7,9,11-14,27H2,1H3,(H,29,32);1H3,(H,3,4). The van der Waals surface area contributed by atoms with Crippen molar-refractivity contribution >= 4 is 29.4 Å². The Balaban J connectivity index is 0.00000112. The molecule has 1 aromatic carbocycles. The van der Waals surface area contributed by atoms with Crippen molar-refractivity contribution in [2.45, 2.75) is 45.7 Å². The predicted octanol–water partition coefficient (Wildman–Crippen LogP) is 3.14. The summed E-state index contributed by atoms with van der Waals surface area (Å²) in [6.07, 6.45) is 1.61. The predicted molar refractivity (Wildman–Crippen MR) is 134 cm³/mol. The molecule has 0 fully saturated rings. The molecular formula is C25H30ClF2N5O4. The fourth-order valence-electron chi connectivity index (χ4n) is 3.49. The van der Waals surface area contributed by atoms with Gasteiger partial charge < -0.3 is 16.2 Å². The zero-order chi connectivity index (χ0) is 27.6. The van der Waals surface area contributed by atoms with Gasteiger partial charge >= 0.3 is 5.92 Å². The van der Waals surface area contributed by atoms with E-state index in [9.17, 15) is 18.4 Å². The van der Waals surface area contributed by atoms with Gasteiger partial charge in [0.15, 0.2) is 0 Å². The average molecular weight is 538 g/mol. The Labute approximate surface area is 218 Å². The fourth-order valence-corrected chi connectivity index (χ4v) is 3.69. The van der Waals surface area contributed by atoms with Crippen LogP contribution in [0.1, 0.15) is 43.5 Å². The summed E-state index contributed by atoms with van der Waals surface area (Å²) in [4.78, 5) is 38.1. The molecule has 37 heavy (non-hydrogen) atoms. The van der Waals surface area contributed by atoms with E-state index in [1.807, 2.05) is 0 Å². The molecule has 0 saturated heterocycles. The minimum Gasteiger partial charge on any atom is -0.481 e. The van der Waals surface area contributed by atoms with Gasteiger partial charge in [0.2, 0.25) is 5.91 Å². The Morgan fingerprint density at radius 2 is 1.95 bits per heavy atom. The summed E-state index contributed by atoms with van der Waals surface area (Å²) in [6.45, 7) is 2.81. The topological polar surface area (TPSA) is 138 Å². The quantitative estimate of drug-likeness (QED) is 0.385. The number of halogens is 3. The summed E-state index contributed by atoms with van der Waals surface area (Å²) in [5, 5.41) is 11.9. The largest absolute Gasteiger partial charge is 0.481 e. The van der Waals surface area contributed by atoms with Gasteiger partial charge in [-0.25, -0.2) is 5.43 Å². The molecule has 0 atom stereocenters. The van der Waals surface area contributed by atoms with Crippen LogP contribution in [0.5, 0.6) is 0 Å². The number of carboxylic acid groups (broad SMARTS) is 1. The number of hydrazine groups is 1. The first-order valence-electron chi connectivity index (χ1n) is 11.4. The molecule has 0 saturated carbocycles. The number of alkyl halides is 2. The van der Waals surface area contributed by atoms with Crippen LogP contribution < -0.4 is 16.5 Å². The summed E-state index contributed by atoms with van der Waals surface area (Å²) >= 11 is 6.02. The minimum absolute atomic E-state index is 0.155.